The predicted octanol–water partition coefficient (Wildman–Crippen LogP) is 3.50. The van der Waals surface area contributed by atoms with Crippen molar-refractivity contribution in [3.63, 3.8) is 0 Å². The van der Waals surface area contributed by atoms with Crippen molar-refractivity contribution < 1.29 is 13.2 Å². The lowest BCUT2D eigenvalue weighted by Gasteiger charge is -2.30. The van der Waals surface area contributed by atoms with Gasteiger partial charge in [0.2, 0.25) is 0 Å². The lowest BCUT2D eigenvalue weighted by molar-refractivity contribution is -0.139. The Morgan fingerprint density at radius 3 is 2.20 bits per heavy atom. The van der Waals surface area contributed by atoms with E-state index in [1.54, 1.807) is 6.92 Å². The van der Waals surface area contributed by atoms with Gasteiger partial charge in [0.15, 0.2) is 0 Å². The van der Waals surface area contributed by atoms with Crippen molar-refractivity contribution >= 4 is 0 Å². The third-order valence-electron chi connectivity index (χ3n) is 3.02. The Morgan fingerprint density at radius 2 is 1.80 bits per heavy atom. The van der Waals surface area contributed by atoms with Crippen molar-refractivity contribution in [3.05, 3.63) is 0 Å². The van der Waals surface area contributed by atoms with Gasteiger partial charge in [-0.15, -0.1) is 0 Å². The summed E-state index contributed by atoms with van der Waals surface area (Å²) in [7, 11) is 0. The molecule has 0 saturated heterocycles. The van der Waals surface area contributed by atoms with E-state index in [2.05, 4.69) is 5.32 Å². The van der Waals surface area contributed by atoms with E-state index >= 15 is 0 Å². The maximum Gasteiger partial charge on any atom is 0.390 e. The zero-order chi connectivity index (χ0) is 11.5. The van der Waals surface area contributed by atoms with E-state index in [1.807, 2.05) is 6.92 Å². The van der Waals surface area contributed by atoms with Crippen LogP contribution in [-0.2, 0) is 0 Å². The first kappa shape index (κ1) is 12.8. The molecule has 1 aliphatic rings. The molecule has 2 unspecified atom stereocenters. The van der Waals surface area contributed by atoms with E-state index in [1.165, 1.54) is 19.3 Å². The monoisotopic (exact) mass is 223 g/mol. The van der Waals surface area contributed by atoms with E-state index in [4.69, 9.17) is 0 Å². The van der Waals surface area contributed by atoms with Gasteiger partial charge in [-0.1, -0.05) is 19.3 Å². The second kappa shape index (κ2) is 5.19. The van der Waals surface area contributed by atoms with E-state index in [0.717, 1.165) is 12.3 Å². The average molecular weight is 223 g/mol. The molecule has 0 radical (unpaired) electrons. The summed E-state index contributed by atoms with van der Waals surface area (Å²) in [4.78, 5) is 0. The maximum atomic E-state index is 12.1. The summed E-state index contributed by atoms with van der Waals surface area (Å²) in [5.74, 6) is 0.741. The second-order valence-corrected chi connectivity index (χ2v) is 4.82. The molecule has 0 spiro atoms. The summed E-state index contributed by atoms with van der Waals surface area (Å²) in [6, 6.07) is -0.271. The Labute approximate surface area is 89.4 Å². The molecular formula is C11H20F3N. The molecule has 4 heteroatoms. The highest BCUT2D eigenvalue weighted by atomic mass is 19.4. The SMILES string of the molecule is CC(CC1CCC1)NC(C)CC(F)(F)F. The van der Waals surface area contributed by atoms with Gasteiger partial charge in [-0.05, 0) is 26.2 Å². The second-order valence-electron chi connectivity index (χ2n) is 4.82. The third kappa shape index (κ3) is 5.40. The lowest BCUT2D eigenvalue weighted by Crippen LogP contribution is -2.39. The number of nitrogens with one attached hydrogen (secondary N) is 1. The van der Waals surface area contributed by atoms with Gasteiger partial charge in [0.05, 0.1) is 6.42 Å². The van der Waals surface area contributed by atoms with Crippen LogP contribution in [0.5, 0.6) is 0 Å². The van der Waals surface area contributed by atoms with Crippen molar-refractivity contribution in [2.45, 2.75) is 64.2 Å². The first-order valence-corrected chi connectivity index (χ1v) is 5.69. The molecule has 0 amide bonds. The minimum atomic E-state index is -4.05. The highest BCUT2D eigenvalue weighted by Crippen LogP contribution is 2.30. The minimum Gasteiger partial charge on any atom is -0.311 e. The molecule has 1 saturated carbocycles. The van der Waals surface area contributed by atoms with Crippen LogP contribution in [0.2, 0.25) is 0 Å². The highest BCUT2D eigenvalue weighted by molar-refractivity contribution is 4.77. The van der Waals surface area contributed by atoms with Crippen LogP contribution in [0.3, 0.4) is 0 Å². The summed E-state index contributed by atoms with van der Waals surface area (Å²) in [6.45, 7) is 3.58. The fourth-order valence-corrected chi connectivity index (χ4v) is 2.19. The molecule has 1 aliphatic carbocycles. The predicted molar refractivity (Wildman–Crippen MR) is 54.7 cm³/mol. The van der Waals surface area contributed by atoms with Gasteiger partial charge < -0.3 is 5.32 Å². The lowest BCUT2D eigenvalue weighted by atomic mass is 9.81. The van der Waals surface area contributed by atoms with Crippen LogP contribution in [0.25, 0.3) is 0 Å². The molecule has 0 aromatic heterocycles. The first-order valence-electron chi connectivity index (χ1n) is 5.69. The largest absolute Gasteiger partial charge is 0.390 e. The summed E-state index contributed by atoms with van der Waals surface area (Å²) in [5.41, 5.74) is 0. The minimum absolute atomic E-state index is 0.202. The smallest absolute Gasteiger partial charge is 0.311 e. The zero-order valence-corrected chi connectivity index (χ0v) is 9.40. The highest BCUT2D eigenvalue weighted by Gasteiger charge is 2.30. The van der Waals surface area contributed by atoms with Gasteiger partial charge in [-0.2, -0.15) is 13.2 Å². The molecule has 2 atom stereocenters. The molecule has 15 heavy (non-hydrogen) atoms. The summed E-state index contributed by atoms with van der Waals surface area (Å²) in [5, 5.41) is 3.02. The number of hydrogen-bond acceptors (Lipinski definition) is 1. The molecule has 0 bridgehead atoms. The van der Waals surface area contributed by atoms with Crippen molar-refractivity contribution in [2.24, 2.45) is 5.92 Å². The van der Waals surface area contributed by atoms with Crippen LogP contribution >= 0.6 is 0 Å². The molecule has 1 N–H and O–H groups in total. The Bertz CT molecular complexity index is 187. The van der Waals surface area contributed by atoms with Gasteiger partial charge in [-0.25, -0.2) is 0 Å². The van der Waals surface area contributed by atoms with Crippen molar-refractivity contribution in [1.29, 1.82) is 0 Å². The Morgan fingerprint density at radius 1 is 1.20 bits per heavy atom. The zero-order valence-electron chi connectivity index (χ0n) is 9.40. The quantitative estimate of drug-likeness (QED) is 0.752. The standard InChI is InChI=1S/C11H20F3N/c1-8(6-10-4-3-5-10)15-9(2)7-11(12,13)14/h8-10,15H,3-7H2,1-2H3. The molecule has 1 rings (SSSR count). The normalized spacial score (nSPS) is 22.2. The van der Waals surface area contributed by atoms with Gasteiger partial charge in [0, 0.05) is 12.1 Å². The van der Waals surface area contributed by atoms with Crippen LogP contribution in [-0.4, -0.2) is 18.3 Å². The molecule has 0 aromatic rings. The Kier molecular flexibility index (Phi) is 4.44. The number of alkyl halides is 3. The van der Waals surface area contributed by atoms with Crippen LogP contribution in [0.1, 0.15) is 46.0 Å². The third-order valence-corrected chi connectivity index (χ3v) is 3.02. The summed E-state index contributed by atoms with van der Waals surface area (Å²) >= 11 is 0. The Balaban J connectivity index is 2.15. The Hall–Kier alpha value is -0.250. The van der Waals surface area contributed by atoms with Crippen LogP contribution < -0.4 is 5.32 Å². The molecule has 0 aromatic carbocycles. The maximum absolute atomic E-state index is 12.1. The van der Waals surface area contributed by atoms with E-state index in [-0.39, 0.29) is 6.04 Å². The summed E-state index contributed by atoms with van der Waals surface area (Å²) in [6.07, 6.45) is 0.0155. The topological polar surface area (TPSA) is 12.0 Å². The van der Waals surface area contributed by atoms with E-state index in [0.29, 0.717) is 0 Å². The first-order chi connectivity index (χ1) is 6.87. The van der Waals surface area contributed by atoms with Crippen LogP contribution in [0.15, 0.2) is 0 Å². The van der Waals surface area contributed by atoms with Crippen molar-refractivity contribution in [3.8, 4) is 0 Å². The van der Waals surface area contributed by atoms with E-state index in [9.17, 15) is 13.2 Å². The van der Waals surface area contributed by atoms with Crippen molar-refractivity contribution in [2.75, 3.05) is 0 Å². The van der Waals surface area contributed by atoms with Crippen LogP contribution in [0.4, 0.5) is 13.2 Å². The number of rotatable bonds is 5. The fourth-order valence-electron chi connectivity index (χ4n) is 2.19. The molecule has 0 aliphatic heterocycles. The molecule has 0 heterocycles. The number of halogens is 3. The van der Waals surface area contributed by atoms with Gasteiger partial charge >= 0.3 is 6.18 Å². The molecule has 90 valence electrons. The average Bonchev–Trinajstić information content (AvgIpc) is 1.92. The molecule has 1 nitrogen and oxygen atoms in total. The molecule has 1 fully saturated rings. The van der Waals surface area contributed by atoms with Gasteiger partial charge in [0.1, 0.15) is 0 Å². The van der Waals surface area contributed by atoms with E-state index < -0.39 is 18.6 Å². The van der Waals surface area contributed by atoms with Gasteiger partial charge in [-0.3, -0.25) is 0 Å². The van der Waals surface area contributed by atoms with Gasteiger partial charge in [0.25, 0.3) is 0 Å². The molecular weight excluding hydrogens is 203 g/mol. The van der Waals surface area contributed by atoms with Crippen LogP contribution in [0, 0.1) is 5.92 Å². The summed E-state index contributed by atoms with van der Waals surface area (Å²) < 4.78 is 36.2. The van der Waals surface area contributed by atoms with Crippen molar-refractivity contribution in [1.82, 2.24) is 5.32 Å². The fraction of sp³-hybridized carbons (Fsp3) is 1.00. The number of hydrogen-bond donors (Lipinski definition) is 1.